The first kappa shape index (κ1) is 33.0. The van der Waals surface area contributed by atoms with Gasteiger partial charge in [-0.05, 0) is 74.0 Å². The van der Waals surface area contributed by atoms with Crippen LogP contribution in [-0.2, 0) is 17.8 Å². The minimum absolute atomic E-state index is 0.171. The molecule has 45 heavy (non-hydrogen) atoms. The standard InChI is InChI=1S/C36H45N5O2S2/c1-7-41(38)29-18-17-27(24(3)33(29)37)32(36(5,6)34(42)23(2)21-26-13-9-8-10-14-26)35-39-28(25(4)44-35)22-40-19-20-43-30-15-11-12-16-31(30)45-40/h8-18,23,32H,7,19-22,37-38H2,1-6H3. The van der Waals surface area contributed by atoms with Gasteiger partial charge in [-0.25, -0.2) is 15.1 Å². The third-order valence-electron chi connectivity index (χ3n) is 8.84. The number of hydrogen-bond donors (Lipinski definition) is 2. The van der Waals surface area contributed by atoms with Gasteiger partial charge in [-0.3, -0.25) is 4.79 Å². The van der Waals surface area contributed by atoms with E-state index in [1.807, 2.05) is 63.2 Å². The number of Topliss-reactive ketones (excluding diaryl/α,β-unsaturated/α-hetero) is 1. The molecular weight excluding hydrogens is 599 g/mol. The topological polar surface area (TPSA) is 97.7 Å². The molecule has 4 N–H and O–H groups in total. The molecule has 0 saturated heterocycles. The molecule has 4 aromatic rings. The quantitative estimate of drug-likeness (QED) is 0.0749. The SMILES string of the molecule is CCN(N)c1ccc(C(c2nc(CN3CCOc4ccccc4S3)c(C)s2)C(C)(C)C(=O)C(C)Cc2ccccc2)c(C)c1N. The van der Waals surface area contributed by atoms with Crippen LogP contribution in [-0.4, -0.2) is 34.8 Å². The highest BCUT2D eigenvalue weighted by molar-refractivity contribution is 7.97. The maximum Gasteiger partial charge on any atom is 0.142 e. The summed E-state index contributed by atoms with van der Waals surface area (Å²) in [5.74, 6) is 6.94. The molecule has 0 fully saturated rings. The number of aryl methyl sites for hydroxylation is 1. The van der Waals surface area contributed by atoms with Crippen LogP contribution in [0.5, 0.6) is 5.75 Å². The number of thiazole rings is 1. The first-order valence-electron chi connectivity index (χ1n) is 15.6. The summed E-state index contributed by atoms with van der Waals surface area (Å²) in [6, 6.07) is 22.5. The van der Waals surface area contributed by atoms with Crippen molar-refractivity contribution in [1.29, 1.82) is 0 Å². The van der Waals surface area contributed by atoms with Crippen molar-refractivity contribution < 1.29 is 9.53 Å². The molecule has 2 heterocycles. The Labute approximate surface area is 276 Å². The highest BCUT2D eigenvalue weighted by atomic mass is 32.2. The van der Waals surface area contributed by atoms with E-state index in [9.17, 15) is 4.79 Å². The van der Waals surface area contributed by atoms with Gasteiger partial charge < -0.3 is 15.5 Å². The zero-order chi connectivity index (χ0) is 32.3. The average Bonchev–Trinajstić information content (AvgIpc) is 3.24. The van der Waals surface area contributed by atoms with E-state index in [4.69, 9.17) is 21.3 Å². The van der Waals surface area contributed by atoms with Crippen LogP contribution in [0.25, 0.3) is 0 Å². The molecule has 0 spiro atoms. The number of hydrogen-bond acceptors (Lipinski definition) is 9. The van der Waals surface area contributed by atoms with Crippen molar-refractivity contribution in [2.24, 2.45) is 17.2 Å². The van der Waals surface area contributed by atoms with Gasteiger partial charge in [0, 0.05) is 35.2 Å². The molecule has 2 atom stereocenters. The molecule has 3 aromatic carbocycles. The number of ether oxygens (including phenoxy) is 1. The summed E-state index contributed by atoms with van der Waals surface area (Å²) in [6.07, 6.45) is 0.687. The first-order valence-corrected chi connectivity index (χ1v) is 17.2. The van der Waals surface area contributed by atoms with E-state index in [-0.39, 0.29) is 17.6 Å². The summed E-state index contributed by atoms with van der Waals surface area (Å²) in [5, 5.41) is 2.59. The Morgan fingerprint density at radius 3 is 2.53 bits per heavy atom. The number of aromatic nitrogens is 1. The van der Waals surface area contributed by atoms with E-state index in [0.29, 0.717) is 31.8 Å². The van der Waals surface area contributed by atoms with Crippen LogP contribution in [0.4, 0.5) is 11.4 Å². The Morgan fingerprint density at radius 1 is 1.09 bits per heavy atom. The second-order valence-corrected chi connectivity index (χ2v) is 14.8. The Balaban J connectivity index is 1.52. The van der Waals surface area contributed by atoms with Gasteiger partial charge >= 0.3 is 0 Å². The lowest BCUT2D eigenvalue weighted by Crippen LogP contribution is -2.37. The van der Waals surface area contributed by atoms with Gasteiger partial charge in [-0.1, -0.05) is 69.3 Å². The zero-order valence-corrected chi connectivity index (χ0v) is 28.8. The van der Waals surface area contributed by atoms with E-state index in [2.05, 4.69) is 49.3 Å². The minimum atomic E-state index is -0.758. The molecule has 1 aliphatic rings. The fourth-order valence-electron chi connectivity index (χ4n) is 6.22. The van der Waals surface area contributed by atoms with Crippen LogP contribution >= 0.6 is 23.3 Å². The van der Waals surface area contributed by atoms with Crippen molar-refractivity contribution in [3.8, 4) is 5.75 Å². The number of nitrogens with zero attached hydrogens (tertiary/aromatic N) is 3. The van der Waals surface area contributed by atoms with E-state index in [1.54, 1.807) is 28.3 Å². The van der Waals surface area contributed by atoms with Crippen LogP contribution < -0.4 is 21.3 Å². The molecule has 7 nitrogen and oxygen atoms in total. The van der Waals surface area contributed by atoms with Crippen molar-refractivity contribution >= 4 is 40.4 Å². The summed E-state index contributed by atoms with van der Waals surface area (Å²) in [5.41, 5.74) is 11.5. The number of carbonyl (C=O) groups excluding carboxylic acids is 1. The molecule has 0 radical (unpaired) electrons. The van der Waals surface area contributed by atoms with E-state index >= 15 is 0 Å². The Bertz CT molecular complexity index is 1640. The van der Waals surface area contributed by atoms with Crippen LogP contribution in [0.15, 0.2) is 71.6 Å². The monoisotopic (exact) mass is 643 g/mol. The van der Waals surface area contributed by atoms with E-state index < -0.39 is 5.41 Å². The highest BCUT2D eigenvalue weighted by Crippen LogP contribution is 2.48. The number of anilines is 2. The average molecular weight is 644 g/mol. The molecule has 0 amide bonds. The molecule has 2 unspecified atom stereocenters. The van der Waals surface area contributed by atoms with Crippen LogP contribution in [0, 0.1) is 25.2 Å². The molecule has 0 saturated carbocycles. The summed E-state index contributed by atoms with van der Waals surface area (Å²) in [7, 11) is 0. The molecule has 238 valence electrons. The maximum atomic E-state index is 14.4. The number of nitrogen functional groups attached to an aromatic ring is 1. The third-order valence-corrected chi connectivity index (χ3v) is 11.0. The lowest BCUT2D eigenvalue weighted by atomic mass is 9.67. The molecule has 1 aromatic heterocycles. The van der Waals surface area contributed by atoms with Gasteiger partial charge in [-0.2, -0.15) is 0 Å². The minimum Gasteiger partial charge on any atom is -0.491 e. The fraction of sp³-hybridized carbons (Fsp3) is 0.389. The van der Waals surface area contributed by atoms with Crippen molar-refractivity contribution in [2.45, 2.75) is 65.3 Å². The van der Waals surface area contributed by atoms with Crippen LogP contribution in [0.2, 0.25) is 0 Å². The predicted octanol–water partition coefficient (Wildman–Crippen LogP) is 7.55. The van der Waals surface area contributed by atoms with Gasteiger partial charge in [-0.15, -0.1) is 11.3 Å². The lowest BCUT2D eigenvalue weighted by Gasteiger charge is -2.36. The van der Waals surface area contributed by atoms with Gasteiger partial charge in [0.2, 0.25) is 0 Å². The smallest absolute Gasteiger partial charge is 0.142 e. The first-order chi connectivity index (χ1) is 21.5. The second kappa shape index (κ2) is 14.0. The number of nitrogens with two attached hydrogens (primary N) is 2. The van der Waals surface area contributed by atoms with Crippen LogP contribution in [0.3, 0.4) is 0 Å². The summed E-state index contributed by atoms with van der Waals surface area (Å²) >= 11 is 3.39. The summed E-state index contributed by atoms with van der Waals surface area (Å²) < 4.78 is 8.31. The molecule has 5 rings (SSSR count). The van der Waals surface area contributed by atoms with Crippen molar-refractivity contribution in [3.63, 3.8) is 0 Å². The Kier molecular flexibility index (Phi) is 10.2. The number of rotatable bonds is 11. The molecule has 0 aliphatic carbocycles. The van der Waals surface area contributed by atoms with Crippen molar-refractivity contribution in [2.75, 3.05) is 30.4 Å². The Hall–Kier alpha value is -3.37. The van der Waals surface area contributed by atoms with Crippen molar-refractivity contribution in [3.05, 3.63) is 99.0 Å². The number of ketones is 1. The number of carbonyl (C=O) groups is 1. The fourth-order valence-corrected chi connectivity index (χ4v) is 8.44. The molecule has 9 heteroatoms. The van der Waals surface area contributed by atoms with Gasteiger partial charge in [0.15, 0.2) is 0 Å². The predicted molar refractivity (Wildman–Crippen MR) is 188 cm³/mol. The van der Waals surface area contributed by atoms with Gasteiger partial charge in [0.25, 0.3) is 0 Å². The summed E-state index contributed by atoms with van der Waals surface area (Å²) in [6.45, 7) is 15.0. The van der Waals surface area contributed by atoms with Crippen molar-refractivity contribution in [1.82, 2.24) is 9.29 Å². The number of fused-ring (bicyclic) bond motifs is 1. The van der Waals surface area contributed by atoms with E-state index in [0.717, 1.165) is 55.1 Å². The van der Waals surface area contributed by atoms with E-state index in [1.165, 1.54) is 0 Å². The lowest BCUT2D eigenvalue weighted by molar-refractivity contribution is -0.131. The number of benzene rings is 3. The summed E-state index contributed by atoms with van der Waals surface area (Å²) in [4.78, 5) is 22.0. The highest BCUT2D eigenvalue weighted by Gasteiger charge is 2.43. The zero-order valence-electron chi connectivity index (χ0n) is 27.2. The van der Waals surface area contributed by atoms with Gasteiger partial charge in [0.05, 0.1) is 28.5 Å². The number of hydrazine groups is 1. The largest absolute Gasteiger partial charge is 0.491 e. The maximum absolute atomic E-state index is 14.4. The normalized spacial score (nSPS) is 15.1. The Morgan fingerprint density at radius 2 is 1.80 bits per heavy atom. The molecule has 0 bridgehead atoms. The molecular formula is C36H45N5O2S2. The molecule has 1 aliphatic heterocycles. The van der Waals surface area contributed by atoms with Gasteiger partial charge in [0.1, 0.15) is 23.1 Å². The number of para-hydroxylation sites is 1. The van der Waals surface area contributed by atoms with Crippen LogP contribution in [0.1, 0.15) is 65.9 Å². The third kappa shape index (κ3) is 7.07. The second-order valence-electron chi connectivity index (χ2n) is 12.4.